The van der Waals surface area contributed by atoms with E-state index >= 15 is 0 Å². The van der Waals surface area contributed by atoms with E-state index < -0.39 is 0 Å². The van der Waals surface area contributed by atoms with Crippen LogP contribution in [0.15, 0.2) is 30.6 Å². The summed E-state index contributed by atoms with van der Waals surface area (Å²) in [6.45, 7) is 0.142. The summed E-state index contributed by atoms with van der Waals surface area (Å²) < 4.78 is 0. The van der Waals surface area contributed by atoms with Crippen LogP contribution >= 0.6 is 0 Å². The molecule has 0 aliphatic carbocycles. The van der Waals surface area contributed by atoms with Gasteiger partial charge in [0.15, 0.2) is 0 Å². The van der Waals surface area contributed by atoms with Crippen LogP contribution in [0.5, 0.6) is 0 Å². The van der Waals surface area contributed by atoms with Crippen LogP contribution in [0.2, 0.25) is 0 Å². The van der Waals surface area contributed by atoms with Crippen LogP contribution in [0.4, 0.5) is 0 Å². The fourth-order valence-electron chi connectivity index (χ4n) is 1.26. The molecule has 0 atom stereocenters. The SMILES string of the molecule is OCCc1ccc2cnccc2n1. The van der Waals surface area contributed by atoms with E-state index in [9.17, 15) is 0 Å². The minimum Gasteiger partial charge on any atom is -0.396 e. The predicted molar refractivity (Wildman–Crippen MR) is 50.3 cm³/mol. The molecule has 0 bridgehead atoms. The van der Waals surface area contributed by atoms with Gasteiger partial charge in [-0.2, -0.15) is 0 Å². The molecule has 2 aromatic rings. The fourth-order valence-corrected chi connectivity index (χ4v) is 1.26. The normalized spacial score (nSPS) is 10.5. The number of rotatable bonds is 2. The van der Waals surface area contributed by atoms with Crippen LogP contribution in [0, 0.1) is 0 Å². The van der Waals surface area contributed by atoms with E-state index in [0.717, 1.165) is 16.6 Å². The Bertz CT molecular complexity index is 414. The van der Waals surface area contributed by atoms with Crippen molar-refractivity contribution in [3.8, 4) is 0 Å². The number of nitrogens with zero attached hydrogens (tertiary/aromatic N) is 2. The van der Waals surface area contributed by atoms with Gasteiger partial charge in [-0.05, 0) is 18.2 Å². The Kier molecular flexibility index (Phi) is 2.19. The first-order chi connectivity index (χ1) is 6.40. The number of hydrogen-bond donors (Lipinski definition) is 1. The van der Waals surface area contributed by atoms with Crippen molar-refractivity contribution in [2.75, 3.05) is 6.61 Å². The first-order valence-electron chi connectivity index (χ1n) is 4.20. The van der Waals surface area contributed by atoms with Crippen molar-refractivity contribution in [3.63, 3.8) is 0 Å². The molecule has 0 fully saturated rings. The van der Waals surface area contributed by atoms with Gasteiger partial charge in [0, 0.05) is 36.5 Å². The summed E-state index contributed by atoms with van der Waals surface area (Å²) in [5.41, 5.74) is 1.85. The number of aliphatic hydroxyl groups excluding tert-OH is 1. The van der Waals surface area contributed by atoms with Gasteiger partial charge in [-0.25, -0.2) is 0 Å². The van der Waals surface area contributed by atoms with Gasteiger partial charge in [0.05, 0.1) is 5.52 Å². The van der Waals surface area contributed by atoms with Gasteiger partial charge in [-0.3, -0.25) is 9.97 Å². The summed E-state index contributed by atoms with van der Waals surface area (Å²) in [5, 5.41) is 9.77. The van der Waals surface area contributed by atoms with E-state index in [0.29, 0.717) is 6.42 Å². The van der Waals surface area contributed by atoms with Gasteiger partial charge >= 0.3 is 0 Å². The average molecular weight is 174 g/mol. The highest BCUT2D eigenvalue weighted by Crippen LogP contribution is 2.10. The molecule has 13 heavy (non-hydrogen) atoms. The van der Waals surface area contributed by atoms with E-state index in [-0.39, 0.29) is 6.61 Å². The third-order valence-electron chi connectivity index (χ3n) is 1.92. The van der Waals surface area contributed by atoms with Crippen molar-refractivity contribution in [3.05, 3.63) is 36.3 Å². The largest absolute Gasteiger partial charge is 0.396 e. The lowest BCUT2D eigenvalue weighted by Gasteiger charge is -1.99. The summed E-state index contributed by atoms with van der Waals surface area (Å²) in [6, 6.07) is 5.76. The van der Waals surface area contributed by atoms with Crippen LogP contribution in [0.3, 0.4) is 0 Å². The number of aliphatic hydroxyl groups is 1. The molecule has 1 N–H and O–H groups in total. The van der Waals surface area contributed by atoms with E-state index in [1.54, 1.807) is 12.4 Å². The van der Waals surface area contributed by atoms with Gasteiger partial charge in [0.2, 0.25) is 0 Å². The number of aromatic nitrogens is 2. The Morgan fingerprint density at radius 1 is 1.23 bits per heavy atom. The molecule has 2 aromatic heterocycles. The molecule has 0 unspecified atom stereocenters. The van der Waals surface area contributed by atoms with Crippen molar-refractivity contribution in [1.82, 2.24) is 9.97 Å². The maximum absolute atomic E-state index is 8.74. The monoisotopic (exact) mass is 174 g/mol. The zero-order chi connectivity index (χ0) is 9.10. The van der Waals surface area contributed by atoms with E-state index in [2.05, 4.69) is 9.97 Å². The van der Waals surface area contributed by atoms with Crippen molar-refractivity contribution in [2.24, 2.45) is 0 Å². The van der Waals surface area contributed by atoms with Gasteiger partial charge in [-0.1, -0.05) is 0 Å². The molecular formula is C10H10N2O. The average Bonchev–Trinajstić information content (AvgIpc) is 2.18. The van der Waals surface area contributed by atoms with Crippen LogP contribution in [0.1, 0.15) is 5.69 Å². The van der Waals surface area contributed by atoms with E-state index in [1.165, 1.54) is 0 Å². The van der Waals surface area contributed by atoms with Crippen LogP contribution < -0.4 is 0 Å². The molecule has 0 saturated heterocycles. The summed E-state index contributed by atoms with van der Waals surface area (Å²) in [6.07, 6.45) is 4.11. The number of hydrogen-bond acceptors (Lipinski definition) is 3. The van der Waals surface area contributed by atoms with Crippen LogP contribution in [-0.4, -0.2) is 21.7 Å². The minimum absolute atomic E-state index is 0.142. The Labute approximate surface area is 76.1 Å². The fraction of sp³-hybridized carbons (Fsp3) is 0.200. The van der Waals surface area contributed by atoms with Gasteiger partial charge in [0.1, 0.15) is 0 Å². The molecule has 3 nitrogen and oxygen atoms in total. The molecule has 0 aliphatic rings. The summed E-state index contributed by atoms with van der Waals surface area (Å²) in [7, 11) is 0. The Balaban J connectivity index is 2.49. The van der Waals surface area contributed by atoms with Crippen molar-refractivity contribution in [1.29, 1.82) is 0 Å². The third-order valence-corrected chi connectivity index (χ3v) is 1.92. The lowest BCUT2D eigenvalue weighted by Crippen LogP contribution is -1.94. The van der Waals surface area contributed by atoms with E-state index in [4.69, 9.17) is 5.11 Å². The second kappa shape index (κ2) is 3.49. The lowest BCUT2D eigenvalue weighted by atomic mass is 10.2. The van der Waals surface area contributed by atoms with Gasteiger partial charge in [0.25, 0.3) is 0 Å². The first kappa shape index (κ1) is 8.13. The molecule has 3 heteroatoms. The number of fused-ring (bicyclic) bond motifs is 1. The van der Waals surface area contributed by atoms with Crippen molar-refractivity contribution in [2.45, 2.75) is 6.42 Å². The smallest absolute Gasteiger partial charge is 0.0736 e. The zero-order valence-corrected chi connectivity index (χ0v) is 7.14. The van der Waals surface area contributed by atoms with Crippen molar-refractivity contribution >= 4 is 10.9 Å². The maximum Gasteiger partial charge on any atom is 0.0736 e. The molecule has 0 saturated carbocycles. The van der Waals surface area contributed by atoms with Gasteiger partial charge in [-0.15, -0.1) is 0 Å². The highest BCUT2D eigenvalue weighted by Gasteiger charge is 1.96. The first-order valence-corrected chi connectivity index (χ1v) is 4.20. The van der Waals surface area contributed by atoms with Crippen LogP contribution in [0.25, 0.3) is 10.9 Å². The zero-order valence-electron chi connectivity index (χ0n) is 7.14. The molecule has 66 valence electrons. The Hall–Kier alpha value is -1.48. The van der Waals surface area contributed by atoms with Crippen LogP contribution in [-0.2, 0) is 6.42 Å². The predicted octanol–water partition coefficient (Wildman–Crippen LogP) is 1.16. The summed E-state index contributed by atoms with van der Waals surface area (Å²) in [5.74, 6) is 0. The highest BCUT2D eigenvalue weighted by atomic mass is 16.3. The summed E-state index contributed by atoms with van der Waals surface area (Å²) in [4.78, 5) is 8.36. The minimum atomic E-state index is 0.142. The molecule has 2 rings (SSSR count). The second-order valence-corrected chi connectivity index (χ2v) is 2.84. The van der Waals surface area contributed by atoms with Crippen molar-refractivity contribution < 1.29 is 5.11 Å². The molecule has 0 radical (unpaired) electrons. The molecule has 0 amide bonds. The molecule has 0 aliphatic heterocycles. The van der Waals surface area contributed by atoms with Gasteiger partial charge < -0.3 is 5.11 Å². The topological polar surface area (TPSA) is 46.0 Å². The molecule has 0 aromatic carbocycles. The Morgan fingerprint density at radius 2 is 2.15 bits per heavy atom. The quantitative estimate of drug-likeness (QED) is 0.743. The Morgan fingerprint density at radius 3 is 3.00 bits per heavy atom. The third kappa shape index (κ3) is 1.65. The number of pyridine rings is 2. The maximum atomic E-state index is 8.74. The second-order valence-electron chi connectivity index (χ2n) is 2.84. The highest BCUT2D eigenvalue weighted by molar-refractivity contribution is 5.77. The molecule has 0 spiro atoms. The lowest BCUT2D eigenvalue weighted by molar-refractivity contribution is 0.298. The van der Waals surface area contributed by atoms with E-state index in [1.807, 2.05) is 18.2 Å². The molecule has 2 heterocycles. The standard InChI is InChI=1S/C10H10N2O/c13-6-4-9-2-1-8-7-11-5-3-10(8)12-9/h1-3,5,7,13H,4,6H2. The molecular weight excluding hydrogens is 164 g/mol. The summed E-state index contributed by atoms with van der Waals surface area (Å²) >= 11 is 0.